The fourth-order valence-electron chi connectivity index (χ4n) is 8.95. The lowest BCUT2D eigenvalue weighted by molar-refractivity contribution is 0.678. The Kier molecular flexibility index (Phi) is 12.8. The molecule has 0 aromatic heterocycles. The summed E-state index contributed by atoms with van der Waals surface area (Å²) in [6.07, 6.45) is 47.0. The second-order valence-corrected chi connectivity index (χ2v) is 15.7. The van der Waals surface area contributed by atoms with Crippen LogP contribution in [0.3, 0.4) is 0 Å². The topological polar surface area (TPSA) is 15.3 Å². The highest BCUT2D eigenvalue weighted by atomic mass is 15.2. The molecular weight excluding hydrogens is 725 g/mol. The lowest BCUT2D eigenvalue weighted by Gasteiger charge is -2.39. The zero-order valence-corrected chi connectivity index (χ0v) is 34.4. The van der Waals surface area contributed by atoms with Crippen molar-refractivity contribution in [3.8, 4) is 0 Å². The third kappa shape index (κ3) is 8.89. The Morgan fingerprint density at radius 2 is 1.55 bits per heavy atom. The summed E-state index contributed by atoms with van der Waals surface area (Å²) in [5.74, 6) is 1.27. The lowest BCUT2D eigenvalue weighted by atomic mass is 9.75. The van der Waals surface area contributed by atoms with E-state index in [9.17, 15) is 0 Å². The highest BCUT2D eigenvalue weighted by Crippen LogP contribution is 2.44. The van der Waals surface area contributed by atoms with E-state index in [-0.39, 0.29) is 12.0 Å². The molecular formula is C58H54N2. The van der Waals surface area contributed by atoms with Crippen LogP contribution in [0.25, 0.3) is 18.5 Å². The number of rotatable bonds is 13. The third-order valence-corrected chi connectivity index (χ3v) is 12.0. The average molecular weight is 779 g/mol. The van der Waals surface area contributed by atoms with Crippen LogP contribution in [0.15, 0.2) is 237 Å². The molecule has 0 spiro atoms. The Morgan fingerprint density at radius 1 is 0.767 bits per heavy atom. The Morgan fingerprint density at radius 3 is 2.38 bits per heavy atom. The minimum absolute atomic E-state index is 0.0654. The van der Waals surface area contributed by atoms with Gasteiger partial charge < -0.3 is 10.2 Å². The Balaban J connectivity index is 1.01. The van der Waals surface area contributed by atoms with Crippen LogP contribution < -0.4 is 20.7 Å². The maximum absolute atomic E-state index is 4.37. The Hall–Kier alpha value is -6.90. The van der Waals surface area contributed by atoms with Crippen molar-refractivity contribution in [1.29, 1.82) is 0 Å². The van der Waals surface area contributed by atoms with Gasteiger partial charge in [-0.1, -0.05) is 201 Å². The van der Waals surface area contributed by atoms with Crippen LogP contribution in [0.2, 0.25) is 0 Å². The molecule has 60 heavy (non-hydrogen) atoms. The normalized spacial score (nSPS) is 21.9. The van der Waals surface area contributed by atoms with Gasteiger partial charge in [0.15, 0.2) is 0 Å². The Bertz CT molecular complexity index is 2750. The highest BCUT2D eigenvalue weighted by Gasteiger charge is 2.32. The van der Waals surface area contributed by atoms with Crippen LogP contribution in [0.5, 0.6) is 0 Å². The molecule has 2 nitrogen and oxygen atoms in total. The average Bonchev–Trinajstić information content (AvgIpc) is 3.30. The molecule has 0 aliphatic heterocycles. The molecule has 2 heteroatoms. The first-order valence-electron chi connectivity index (χ1n) is 21.3. The molecule has 0 fully saturated rings. The number of para-hydroxylation sites is 1. The van der Waals surface area contributed by atoms with E-state index < -0.39 is 0 Å². The lowest BCUT2D eigenvalue weighted by Crippen LogP contribution is -2.34. The summed E-state index contributed by atoms with van der Waals surface area (Å²) in [7, 11) is 0. The zero-order chi connectivity index (χ0) is 41.1. The fourth-order valence-corrected chi connectivity index (χ4v) is 8.95. The van der Waals surface area contributed by atoms with E-state index in [1.165, 1.54) is 44.1 Å². The van der Waals surface area contributed by atoms with Crippen molar-refractivity contribution in [3.05, 3.63) is 274 Å². The van der Waals surface area contributed by atoms with Crippen molar-refractivity contribution in [2.75, 3.05) is 4.90 Å². The van der Waals surface area contributed by atoms with E-state index in [1.807, 2.05) is 18.3 Å². The molecule has 0 saturated heterocycles. The first-order chi connectivity index (χ1) is 29.6. The highest BCUT2D eigenvalue weighted by molar-refractivity contribution is 5.84. The van der Waals surface area contributed by atoms with Crippen molar-refractivity contribution >= 4 is 24.2 Å². The zero-order valence-electron chi connectivity index (χ0n) is 34.4. The largest absolute Gasteiger partial charge is 0.367 e. The molecule has 5 atom stereocenters. The van der Waals surface area contributed by atoms with Gasteiger partial charge in [-0.3, -0.25) is 0 Å². The number of nitrogens with zero attached hydrogens (tertiary/aromatic N) is 1. The number of nitrogens with one attached hydrogen (secondary N) is 1. The SMILES string of the molecule is C=C/C(=C\C=C\N/C=c1\c(C2C=CC=CC2)ccc\c1=c1/ccccc1=C)C1=CC(/C=C/C[C@@H](C=C)N(C2=CC3C=CC=CC3c3ccccc32)c2ccccc2)CC=C1. The fraction of sp³-hybridized carbons (Fsp3) is 0.138. The maximum Gasteiger partial charge on any atom is 0.0554 e. The minimum Gasteiger partial charge on any atom is -0.367 e. The summed E-state index contributed by atoms with van der Waals surface area (Å²) in [6.45, 7) is 12.9. The second-order valence-electron chi connectivity index (χ2n) is 15.7. The molecule has 0 radical (unpaired) electrons. The van der Waals surface area contributed by atoms with Gasteiger partial charge in [0.1, 0.15) is 0 Å². The van der Waals surface area contributed by atoms with Crippen LogP contribution in [0, 0.1) is 22.3 Å². The molecule has 4 unspecified atom stereocenters. The van der Waals surface area contributed by atoms with Crippen molar-refractivity contribution in [2.45, 2.75) is 37.1 Å². The predicted octanol–water partition coefficient (Wildman–Crippen LogP) is 12.3. The van der Waals surface area contributed by atoms with E-state index in [4.69, 9.17) is 0 Å². The van der Waals surface area contributed by atoms with Gasteiger partial charge in [0.25, 0.3) is 0 Å². The molecule has 296 valence electrons. The molecule has 1 N–H and O–H groups in total. The first kappa shape index (κ1) is 39.9. The van der Waals surface area contributed by atoms with E-state index in [0.29, 0.717) is 17.8 Å². The smallest absolute Gasteiger partial charge is 0.0554 e. The van der Waals surface area contributed by atoms with Gasteiger partial charge in [0.05, 0.1) is 6.04 Å². The van der Waals surface area contributed by atoms with Crippen molar-refractivity contribution < 1.29 is 0 Å². The monoisotopic (exact) mass is 778 g/mol. The summed E-state index contributed by atoms with van der Waals surface area (Å²) in [5.41, 5.74) is 8.64. The number of anilines is 1. The van der Waals surface area contributed by atoms with Crippen LogP contribution in [0.4, 0.5) is 5.69 Å². The van der Waals surface area contributed by atoms with Crippen LogP contribution in [-0.4, -0.2) is 6.04 Å². The molecule has 0 bridgehead atoms. The number of hydrogen-bond acceptors (Lipinski definition) is 2. The molecule has 4 aromatic carbocycles. The molecule has 4 aromatic rings. The summed E-state index contributed by atoms with van der Waals surface area (Å²) in [6, 6.07) is 34.7. The summed E-state index contributed by atoms with van der Waals surface area (Å²) >= 11 is 0. The van der Waals surface area contributed by atoms with E-state index in [1.54, 1.807) is 0 Å². The van der Waals surface area contributed by atoms with Crippen LogP contribution in [0.1, 0.15) is 47.8 Å². The third-order valence-electron chi connectivity index (χ3n) is 12.0. The summed E-state index contributed by atoms with van der Waals surface area (Å²) in [4.78, 5) is 2.49. The molecule has 0 saturated carbocycles. The summed E-state index contributed by atoms with van der Waals surface area (Å²) in [5, 5.41) is 8.02. The van der Waals surface area contributed by atoms with Crippen LogP contribution in [-0.2, 0) is 0 Å². The van der Waals surface area contributed by atoms with Crippen molar-refractivity contribution in [2.24, 2.45) is 11.8 Å². The summed E-state index contributed by atoms with van der Waals surface area (Å²) < 4.78 is 0. The van der Waals surface area contributed by atoms with Gasteiger partial charge in [-0.05, 0) is 81.3 Å². The van der Waals surface area contributed by atoms with E-state index in [0.717, 1.165) is 35.3 Å². The predicted molar refractivity (Wildman–Crippen MR) is 257 cm³/mol. The van der Waals surface area contributed by atoms with Gasteiger partial charge in [-0.15, -0.1) is 6.58 Å². The number of benzene rings is 4. The van der Waals surface area contributed by atoms with Crippen LogP contribution >= 0.6 is 0 Å². The van der Waals surface area contributed by atoms with Gasteiger partial charge in [0.2, 0.25) is 0 Å². The van der Waals surface area contributed by atoms with E-state index in [2.05, 4.69) is 230 Å². The van der Waals surface area contributed by atoms with Crippen molar-refractivity contribution in [1.82, 2.24) is 5.32 Å². The van der Waals surface area contributed by atoms with E-state index >= 15 is 0 Å². The number of allylic oxidation sites excluding steroid dienone is 18. The van der Waals surface area contributed by atoms with Gasteiger partial charge in [0, 0.05) is 52.3 Å². The number of fused-ring (bicyclic) bond motifs is 3. The molecule has 4 aliphatic carbocycles. The quantitative estimate of drug-likeness (QED) is 0.107. The molecule has 0 heterocycles. The Labute approximate surface area is 356 Å². The van der Waals surface area contributed by atoms with Gasteiger partial charge in [-0.25, -0.2) is 0 Å². The first-order valence-corrected chi connectivity index (χ1v) is 21.3. The van der Waals surface area contributed by atoms with Gasteiger partial charge >= 0.3 is 0 Å². The number of hydrogen-bond donors (Lipinski definition) is 1. The second kappa shape index (κ2) is 19.2. The molecule has 8 rings (SSSR count). The molecule has 0 amide bonds. The van der Waals surface area contributed by atoms with Crippen molar-refractivity contribution in [3.63, 3.8) is 0 Å². The maximum atomic E-state index is 4.37. The minimum atomic E-state index is 0.0654. The standard InChI is InChI=1S/C58H54N2/c1-4-45(29-21-39-59-42-57-52(46-25-8-6-9-26-46)37-20-38-54(57)51-33-14-12-22-43(51)3)47-28-18-23-44(40-47)24-19-32-49(5-2)60(50-30-10-7-11-31-50)58-41-48-27-13-15-34-53(48)55-35-16-17-36-56(55)58/h4-22,24-25,27-31,33-42,44,46,48-49,53,59H,1-3,23,26,32H2/b24-19+,39-21+,45-29+,54-51-,57-42+/t44?,46?,48?,49-,53?/m1/s1. The van der Waals surface area contributed by atoms with Gasteiger partial charge in [-0.2, -0.15) is 0 Å². The molecule has 4 aliphatic rings.